The lowest BCUT2D eigenvalue weighted by molar-refractivity contribution is 0.145. The molecule has 1 saturated heterocycles. The van der Waals surface area contributed by atoms with Gasteiger partial charge in [0, 0.05) is 27.8 Å². The van der Waals surface area contributed by atoms with Crippen molar-refractivity contribution in [2.24, 2.45) is 0 Å². The van der Waals surface area contributed by atoms with E-state index in [-0.39, 0.29) is 41.8 Å². The zero-order valence-electron chi connectivity index (χ0n) is 19.6. The highest BCUT2D eigenvalue weighted by Crippen LogP contribution is 2.50. The molecule has 0 radical (unpaired) electrons. The van der Waals surface area contributed by atoms with Gasteiger partial charge in [0.05, 0.1) is 26.3 Å². The van der Waals surface area contributed by atoms with Gasteiger partial charge < -0.3 is 29.6 Å². The van der Waals surface area contributed by atoms with Crippen LogP contribution in [0.25, 0.3) is 10.9 Å². The molecule has 2 aliphatic rings. The number of ether oxygens (including phenoxy) is 3. The van der Waals surface area contributed by atoms with Crippen molar-refractivity contribution in [2.75, 3.05) is 26.1 Å². The SMILES string of the molecule is COc1cc(C2c3[nH]c4ccccc4c3[C@@H](Nc3ccc(F)cc3)[C@H]3COC(=O)N23)cc(OC)c1O. The Morgan fingerprint density at radius 3 is 2.47 bits per heavy atom. The average molecular weight is 490 g/mol. The highest BCUT2D eigenvalue weighted by molar-refractivity contribution is 5.88. The molecule has 6 rings (SSSR count). The molecule has 3 aromatic carbocycles. The Morgan fingerprint density at radius 1 is 1.08 bits per heavy atom. The zero-order valence-corrected chi connectivity index (χ0v) is 19.6. The number of anilines is 1. The van der Waals surface area contributed by atoms with Crippen molar-refractivity contribution in [3.63, 3.8) is 0 Å². The number of hydrogen-bond acceptors (Lipinski definition) is 6. The van der Waals surface area contributed by atoms with Gasteiger partial charge in [-0.05, 0) is 48.0 Å². The van der Waals surface area contributed by atoms with Crippen molar-refractivity contribution in [1.82, 2.24) is 9.88 Å². The van der Waals surface area contributed by atoms with Crippen molar-refractivity contribution in [2.45, 2.75) is 18.1 Å². The number of rotatable bonds is 5. The van der Waals surface area contributed by atoms with Crippen molar-refractivity contribution < 1.29 is 28.5 Å². The number of phenolic OH excluding ortho intramolecular Hbond substituents is 1. The third kappa shape index (κ3) is 3.30. The number of hydrogen-bond donors (Lipinski definition) is 3. The molecule has 0 spiro atoms. The molecule has 0 bridgehead atoms. The summed E-state index contributed by atoms with van der Waals surface area (Å²) in [6.45, 7) is 0.180. The summed E-state index contributed by atoms with van der Waals surface area (Å²) in [6, 6.07) is 16.2. The number of aromatic nitrogens is 1. The van der Waals surface area contributed by atoms with Crippen LogP contribution in [0.4, 0.5) is 14.9 Å². The molecular weight excluding hydrogens is 465 g/mol. The van der Waals surface area contributed by atoms with Crippen LogP contribution in [0.15, 0.2) is 60.7 Å². The van der Waals surface area contributed by atoms with Crippen LogP contribution in [0.2, 0.25) is 0 Å². The van der Waals surface area contributed by atoms with Crippen LogP contribution < -0.4 is 14.8 Å². The quantitative estimate of drug-likeness (QED) is 0.361. The Bertz CT molecular complexity index is 1440. The second kappa shape index (κ2) is 8.37. The van der Waals surface area contributed by atoms with E-state index in [1.807, 2.05) is 24.3 Å². The van der Waals surface area contributed by atoms with Crippen LogP contribution in [0.1, 0.15) is 28.9 Å². The third-order valence-electron chi connectivity index (χ3n) is 6.95. The number of cyclic esters (lactones) is 1. The highest BCUT2D eigenvalue weighted by Gasteiger charge is 2.51. The summed E-state index contributed by atoms with van der Waals surface area (Å²) in [5, 5.41) is 15.0. The molecule has 8 nitrogen and oxygen atoms in total. The molecule has 3 N–H and O–H groups in total. The Balaban J connectivity index is 1.58. The molecule has 1 unspecified atom stereocenters. The number of phenols is 1. The van der Waals surface area contributed by atoms with E-state index in [4.69, 9.17) is 14.2 Å². The van der Waals surface area contributed by atoms with E-state index in [2.05, 4.69) is 10.3 Å². The van der Waals surface area contributed by atoms with Crippen molar-refractivity contribution in [3.8, 4) is 17.2 Å². The number of amides is 1. The third-order valence-corrected chi connectivity index (χ3v) is 6.95. The van der Waals surface area contributed by atoms with E-state index in [1.165, 1.54) is 26.4 Å². The van der Waals surface area contributed by atoms with E-state index in [1.54, 1.807) is 29.2 Å². The van der Waals surface area contributed by atoms with E-state index in [9.17, 15) is 14.3 Å². The number of benzene rings is 3. The van der Waals surface area contributed by atoms with Crippen LogP contribution >= 0.6 is 0 Å². The Morgan fingerprint density at radius 2 is 1.78 bits per heavy atom. The van der Waals surface area contributed by atoms with Gasteiger partial charge in [0.15, 0.2) is 11.5 Å². The van der Waals surface area contributed by atoms with E-state index < -0.39 is 12.1 Å². The van der Waals surface area contributed by atoms with E-state index >= 15 is 0 Å². The maximum atomic E-state index is 13.6. The monoisotopic (exact) mass is 489 g/mol. The zero-order chi connectivity index (χ0) is 25.0. The minimum atomic E-state index is -0.554. The predicted molar refractivity (Wildman–Crippen MR) is 131 cm³/mol. The minimum absolute atomic E-state index is 0.118. The number of carbonyl (C=O) groups is 1. The number of aromatic hydroxyl groups is 1. The molecule has 3 atom stereocenters. The van der Waals surface area contributed by atoms with Crippen LogP contribution in [-0.4, -0.2) is 48.0 Å². The first kappa shape index (κ1) is 22.1. The van der Waals surface area contributed by atoms with E-state index in [0.717, 1.165) is 27.8 Å². The van der Waals surface area contributed by atoms with Crippen molar-refractivity contribution in [1.29, 1.82) is 0 Å². The van der Waals surface area contributed by atoms with Gasteiger partial charge in [-0.25, -0.2) is 9.18 Å². The van der Waals surface area contributed by atoms with Gasteiger partial charge in [0.2, 0.25) is 5.75 Å². The summed E-state index contributed by atoms with van der Waals surface area (Å²) in [4.78, 5) is 18.4. The molecule has 0 saturated carbocycles. The fourth-order valence-corrected chi connectivity index (χ4v) is 5.36. The number of fused-ring (bicyclic) bond motifs is 4. The smallest absolute Gasteiger partial charge is 0.411 e. The largest absolute Gasteiger partial charge is 0.502 e. The van der Waals surface area contributed by atoms with Crippen molar-refractivity contribution in [3.05, 3.63) is 83.3 Å². The number of nitrogens with one attached hydrogen (secondary N) is 2. The van der Waals surface area contributed by atoms with Gasteiger partial charge in [-0.1, -0.05) is 18.2 Å². The van der Waals surface area contributed by atoms with Gasteiger partial charge in [-0.2, -0.15) is 0 Å². The van der Waals surface area contributed by atoms with Crippen LogP contribution in [0, 0.1) is 5.82 Å². The molecule has 4 aromatic rings. The molecule has 0 aliphatic carbocycles. The molecule has 9 heteroatoms. The Labute approximate surface area is 206 Å². The Hall–Kier alpha value is -4.40. The molecule has 1 fully saturated rings. The van der Waals surface area contributed by atoms with Crippen molar-refractivity contribution >= 4 is 22.7 Å². The van der Waals surface area contributed by atoms with Crippen LogP contribution in [0.5, 0.6) is 17.2 Å². The molecule has 184 valence electrons. The summed E-state index contributed by atoms with van der Waals surface area (Å²) < 4.78 is 29.9. The number of halogens is 1. The predicted octanol–water partition coefficient (Wildman–Crippen LogP) is 5.11. The summed E-state index contributed by atoms with van der Waals surface area (Å²) in [6.07, 6.45) is -0.453. The lowest BCUT2D eigenvalue weighted by Gasteiger charge is -2.41. The minimum Gasteiger partial charge on any atom is -0.502 e. The highest BCUT2D eigenvalue weighted by atomic mass is 19.1. The maximum Gasteiger partial charge on any atom is 0.411 e. The topological polar surface area (TPSA) is 96.1 Å². The molecule has 2 aliphatic heterocycles. The number of para-hydroxylation sites is 1. The molecule has 3 heterocycles. The molecule has 1 amide bonds. The number of H-pyrrole nitrogens is 1. The van der Waals surface area contributed by atoms with E-state index in [0.29, 0.717) is 5.56 Å². The maximum absolute atomic E-state index is 13.6. The summed E-state index contributed by atoms with van der Waals surface area (Å²) in [5.74, 6) is 0.0245. The van der Waals surface area contributed by atoms with Gasteiger partial charge in [0.25, 0.3) is 0 Å². The number of methoxy groups -OCH3 is 2. The number of carbonyl (C=O) groups excluding carboxylic acids is 1. The fourth-order valence-electron chi connectivity index (χ4n) is 5.36. The summed E-state index contributed by atoms with van der Waals surface area (Å²) in [7, 11) is 2.92. The Kier molecular flexibility index (Phi) is 5.13. The second-order valence-electron chi connectivity index (χ2n) is 8.85. The van der Waals surface area contributed by atoms with Gasteiger partial charge in [0.1, 0.15) is 18.5 Å². The molecule has 36 heavy (non-hydrogen) atoms. The van der Waals surface area contributed by atoms with Gasteiger partial charge in [-0.15, -0.1) is 0 Å². The van der Waals surface area contributed by atoms with Gasteiger partial charge >= 0.3 is 6.09 Å². The molecular formula is C27H24FN3O5. The lowest BCUT2D eigenvalue weighted by Crippen LogP contribution is -2.47. The first-order valence-electron chi connectivity index (χ1n) is 11.5. The van der Waals surface area contributed by atoms with Crippen LogP contribution in [-0.2, 0) is 4.74 Å². The second-order valence-corrected chi connectivity index (χ2v) is 8.85. The first-order valence-corrected chi connectivity index (χ1v) is 11.5. The summed E-state index contributed by atoms with van der Waals surface area (Å²) >= 11 is 0. The first-order chi connectivity index (χ1) is 17.5. The lowest BCUT2D eigenvalue weighted by atomic mass is 9.85. The van der Waals surface area contributed by atoms with Gasteiger partial charge in [-0.3, -0.25) is 4.90 Å². The number of aromatic amines is 1. The standard InChI is InChI=1S/C27H24FN3O5/c1-34-20-11-14(12-21(35-2)26(20)32)25-24-22(17-5-3-4-6-18(17)30-24)23(19-13-36-27(33)31(19)25)29-16-9-7-15(28)8-10-16/h3-12,19,23,25,29-30,32H,13H2,1-2H3/t19-,23+,25?/m1/s1. The molecule has 1 aromatic heterocycles. The summed E-state index contributed by atoms with van der Waals surface area (Å²) in [5.41, 5.74) is 4.14. The van der Waals surface area contributed by atoms with Crippen LogP contribution in [0.3, 0.4) is 0 Å². The normalized spacial score (nSPS) is 20.6. The fraction of sp³-hybridized carbons (Fsp3) is 0.222. The number of nitrogens with zero attached hydrogens (tertiary/aromatic N) is 1. The average Bonchev–Trinajstić information content (AvgIpc) is 3.47.